The van der Waals surface area contributed by atoms with Crippen molar-refractivity contribution < 1.29 is 0 Å². The summed E-state index contributed by atoms with van der Waals surface area (Å²) in [5, 5.41) is 10.0. The van der Waals surface area contributed by atoms with Crippen molar-refractivity contribution in [2.45, 2.75) is 6.92 Å². The Balaban J connectivity index is 1.47. The molecule has 0 saturated carbocycles. The standard InChI is InChI=1S/C25H19N3S2/c1-18-9-11-19(12-10-18)22-17-30-24(26-22)14-13-20-16-28(21-6-3-2-4-7-21)27-25(20)23-8-5-15-29-23/h2-17H,1H3. The maximum atomic E-state index is 4.86. The molecule has 0 radical (unpaired) electrons. The number of thiophene rings is 1. The quantitative estimate of drug-likeness (QED) is 0.298. The first-order valence-corrected chi connectivity index (χ1v) is 11.4. The highest BCUT2D eigenvalue weighted by Gasteiger charge is 2.11. The van der Waals surface area contributed by atoms with Gasteiger partial charge in [-0.25, -0.2) is 9.67 Å². The molecule has 3 heterocycles. The number of aryl methyl sites for hydroxylation is 1. The number of thiazole rings is 1. The molecule has 0 aliphatic carbocycles. The molecule has 0 amide bonds. The Labute approximate surface area is 183 Å². The molecule has 146 valence electrons. The average Bonchev–Trinajstić information content (AvgIpc) is 3.53. The van der Waals surface area contributed by atoms with Crippen molar-refractivity contribution >= 4 is 34.8 Å². The average molecular weight is 426 g/mol. The molecule has 5 aromatic rings. The van der Waals surface area contributed by atoms with E-state index in [0.717, 1.165) is 38.1 Å². The van der Waals surface area contributed by atoms with E-state index >= 15 is 0 Å². The molecule has 3 nitrogen and oxygen atoms in total. The van der Waals surface area contributed by atoms with Crippen molar-refractivity contribution in [2.75, 3.05) is 0 Å². The number of para-hydroxylation sites is 1. The minimum Gasteiger partial charge on any atom is -0.240 e. The second-order valence-corrected chi connectivity index (χ2v) is 8.80. The maximum Gasteiger partial charge on any atom is 0.116 e. The molecule has 0 fully saturated rings. The Morgan fingerprint density at radius 1 is 0.867 bits per heavy atom. The van der Waals surface area contributed by atoms with Gasteiger partial charge in [-0.05, 0) is 42.7 Å². The van der Waals surface area contributed by atoms with Gasteiger partial charge in [0.15, 0.2) is 0 Å². The fraction of sp³-hybridized carbons (Fsp3) is 0.0400. The number of nitrogens with zero attached hydrogens (tertiary/aromatic N) is 3. The van der Waals surface area contributed by atoms with Crippen molar-refractivity contribution in [3.63, 3.8) is 0 Å². The van der Waals surface area contributed by atoms with E-state index in [1.807, 2.05) is 22.9 Å². The van der Waals surface area contributed by atoms with E-state index in [1.165, 1.54) is 5.56 Å². The normalized spacial score (nSPS) is 11.4. The summed E-state index contributed by atoms with van der Waals surface area (Å²) < 4.78 is 1.94. The first kappa shape index (κ1) is 18.7. The number of hydrogen-bond acceptors (Lipinski definition) is 4. The number of hydrogen-bond donors (Lipinski definition) is 0. The number of benzene rings is 2. The molecule has 0 aliphatic rings. The van der Waals surface area contributed by atoms with Crippen LogP contribution < -0.4 is 0 Å². The van der Waals surface area contributed by atoms with Crippen LogP contribution in [0.25, 0.3) is 39.7 Å². The summed E-state index contributed by atoms with van der Waals surface area (Å²) in [6, 6.07) is 22.8. The van der Waals surface area contributed by atoms with Crippen molar-refractivity contribution in [3.05, 3.63) is 99.8 Å². The third-order valence-corrected chi connectivity index (χ3v) is 6.48. The molecule has 0 unspecified atom stereocenters. The van der Waals surface area contributed by atoms with Gasteiger partial charge in [-0.1, -0.05) is 54.1 Å². The second kappa shape index (κ2) is 8.22. The van der Waals surface area contributed by atoms with Crippen LogP contribution in [0.2, 0.25) is 0 Å². The molecule has 30 heavy (non-hydrogen) atoms. The highest BCUT2D eigenvalue weighted by atomic mass is 32.1. The van der Waals surface area contributed by atoms with Crippen molar-refractivity contribution in [2.24, 2.45) is 0 Å². The summed E-state index contributed by atoms with van der Waals surface area (Å²) in [6.45, 7) is 2.10. The van der Waals surface area contributed by atoms with E-state index in [9.17, 15) is 0 Å². The number of aromatic nitrogens is 3. The third-order valence-electron chi connectivity index (χ3n) is 4.79. The lowest BCUT2D eigenvalue weighted by Gasteiger charge is -1.99. The van der Waals surface area contributed by atoms with Crippen LogP contribution in [0.5, 0.6) is 0 Å². The van der Waals surface area contributed by atoms with Gasteiger partial charge in [0.1, 0.15) is 10.7 Å². The van der Waals surface area contributed by atoms with Gasteiger partial charge in [0, 0.05) is 22.7 Å². The van der Waals surface area contributed by atoms with Crippen LogP contribution in [-0.2, 0) is 0 Å². The Hall–Kier alpha value is -3.28. The topological polar surface area (TPSA) is 30.7 Å². The van der Waals surface area contributed by atoms with Gasteiger partial charge >= 0.3 is 0 Å². The highest BCUT2D eigenvalue weighted by molar-refractivity contribution is 7.13. The van der Waals surface area contributed by atoms with Crippen LogP contribution in [-0.4, -0.2) is 14.8 Å². The van der Waals surface area contributed by atoms with Crippen molar-refractivity contribution in [1.29, 1.82) is 0 Å². The minimum absolute atomic E-state index is 0.982. The summed E-state index contributed by atoms with van der Waals surface area (Å²) in [6.07, 6.45) is 6.26. The lowest BCUT2D eigenvalue weighted by molar-refractivity contribution is 0.885. The Bertz CT molecular complexity index is 1280. The van der Waals surface area contributed by atoms with Crippen molar-refractivity contribution in [3.8, 4) is 27.5 Å². The summed E-state index contributed by atoms with van der Waals surface area (Å²) in [7, 11) is 0. The summed E-state index contributed by atoms with van der Waals surface area (Å²) in [5.41, 5.74) is 6.52. The smallest absolute Gasteiger partial charge is 0.116 e. The third kappa shape index (κ3) is 3.90. The maximum absolute atomic E-state index is 4.86. The molecular weight excluding hydrogens is 406 g/mol. The lowest BCUT2D eigenvalue weighted by Crippen LogP contribution is -1.93. The summed E-state index contributed by atoms with van der Waals surface area (Å²) in [5.74, 6) is 0. The fourth-order valence-electron chi connectivity index (χ4n) is 3.21. The van der Waals surface area contributed by atoms with Gasteiger partial charge in [-0.3, -0.25) is 0 Å². The van der Waals surface area contributed by atoms with Crippen LogP contribution in [0, 0.1) is 6.92 Å². The van der Waals surface area contributed by atoms with E-state index in [2.05, 4.69) is 84.6 Å². The number of rotatable bonds is 5. The minimum atomic E-state index is 0.982. The first-order valence-electron chi connectivity index (χ1n) is 9.66. The zero-order chi connectivity index (χ0) is 20.3. The molecule has 0 spiro atoms. The van der Waals surface area contributed by atoms with Crippen LogP contribution in [0.4, 0.5) is 0 Å². The fourth-order valence-corrected chi connectivity index (χ4v) is 4.66. The predicted molar refractivity (Wildman–Crippen MR) is 128 cm³/mol. The van der Waals surface area contributed by atoms with Crippen LogP contribution in [0.1, 0.15) is 16.1 Å². The zero-order valence-corrected chi connectivity index (χ0v) is 18.0. The first-order chi connectivity index (χ1) is 14.8. The van der Waals surface area contributed by atoms with Crippen molar-refractivity contribution in [1.82, 2.24) is 14.8 Å². The van der Waals surface area contributed by atoms with Gasteiger partial charge < -0.3 is 0 Å². The predicted octanol–water partition coefficient (Wildman–Crippen LogP) is 7.20. The second-order valence-electron chi connectivity index (χ2n) is 6.96. The van der Waals surface area contributed by atoms with E-state index in [-0.39, 0.29) is 0 Å². The molecule has 0 saturated heterocycles. The molecular formula is C25H19N3S2. The Morgan fingerprint density at radius 3 is 2.47 bits per heavy atom. The van der Waals surface area contributed by atoms with Crippen LogP contribution >= 0.6 is 22.7 Å². The highest BCUT2D eigenvalue weighted by Crippen LogP contribution is 2.30. The summed E-state index contributed by atoms with van der Waals surface area (Å²) >= 11 is 3.35. The molecule has 5 heteroatoms. The molecule has 0 aliphatic heterocycles. The Morgan fingerprint density at radius 2 is 1.70 bits per heavy atom. The van der Waals surface area contributed by atoms with E-state index in [4.69, 9.17) is 10.1 Å². The molecule has 2 aromatic carbocycles. The molecule has 5 rings (SSSR count). The zero-order valence-electron chi connectivity index (χ0n) is 16.4. The van der Waals surface area contributed by atoms with Gasteiger partial charge in [-0.15, -0.1) is 22.7 Å². The van der Waals surface area contributed by atoms with E-state index in [1.54, 1.807) is 22.7 Å². The van der Waals surface area contributed by atoms with Gasteiger partial charge in [0.05, 0.1) is 16.3 Å². The Kier molecular flexibility index (Phi) is 5.13. The van der Waals surface area contributed by atoms with Gasteiger partial charge in [0.25, 0.3) is 0 Å². The van der Waals surface area contributed by atoms with E-state index < -0.39 is 0 Å². The van der Waals surface area contributed by atoms with E-state index in [0.29, 0.717) is 0 Å². The lowest BCUT2D eigenvalue weighted by atomic mass is 10.1. The van der Waals surface area contributed by atoms with Crippen LogP contribution in [0.15, 0.2) is 83.7 Å². The molecule has 3 aromatic heterocycles. The SMILES string of the molecule is Cc1ccc(-c2csc(C=Cc3cn(-c4ccccc4)nc3-c3cccs3)n2)cc1. The monoisotopic (exact) mass is 425 g/mol. The molecule has 0 bridgehead atoms. The molecule has 0 N–H and O–H groups in total. The molecule has 0 atom stereocenters. The van der Waals surface area contributed by atoms with Crippen LogP contribution in [0.3, 0.4) is 0 Å². The largest absolute Gasteiger partial charge is 0.240 e. The van der Waals surface area contributed by atoms with Gasteiger partial charge in [0.2, 0.25) is 0 Å². The van der Waals surface area contributed by atoms with Gasteiger partial charge in [-0.2, -0.15) is 5.10 Å². The summed E-state index contributed by atoms with van der Waals surface area (Å²) in [4.78, 5) is 5.95.